The van der Waals surface area contributed by atoms with E-state index < -0.39 is 0 Å². The maximum atomic E-state index is 12.4. The van der Waals surface area contributed by atoms with E-state index in [0.29, 0.717) is 11.9 Å². The van der Waals surface area contributed by atoms with Crippen molar-refractivity contribution < 1.29 is 4.79 Å². The van der Waals surface area contributed by atoms with Crippen molar-refractivity contribution in [3.05, 3.63) is 0 Å². The second-order valence-electron chi connectivity index (χ2n) is 4.67. The Balaban J connectivity index is 2.55. The van der Waals surface area contributed by atoms with Crippen LogP contribution in [0.1, 0.15) is 52.4 Å². The zero-order valence-corrected chi connectivity index (χ0v) is 12.1. The maximum Gasteiger partial charge on any atom is 0.225 e. The standard InChI is InChI=1S/C13H24BrNO/c1-3-11(4-2)13(16)15(10-6-9-14)12-7-5-8-12/h11-12H,3-10H2,1-2H3. The van der Waals surface area contributed by atoms with Gasteiger partial charge in [0.1, 0.15) is 0 Å². The van der Waals surface area contributed by atoms with Crippen molar-refractivity contribution >= 4 is 21.8 Å². The minimum atomic E-state index is 0.246. The molecule has 1 fully saturated rings. The van der Waals surface area contributed by atoms with Gasteiger partial charge in [-0.15, -0.1) is 0 Å². The van der Waals surface area contributed by atoms with E-state index in [4.69, 9.17) is 0 Å². The molecule has 0 heterocycles. The van der Waals surface area contributed by atoms with Crippen molar-refractivity contribution in [2.75, 3.05) is 11.9 Å². The Morgan fingerprint density at radius 2 is 2.00 bits per heavy atom. The van der Waals surface area contributed by atoms with Gasteiger partial charge in [0.05, 0.1) is 0 Å². The van der Waals surface area contributed by atoms with Crippen LogP contribution in [-0.2, 0) is 4.79 Å². The molecule has 0 unspecified atom stereocenters. The minimum absolute atomic E-state index is 0.246. The molecule has 1 aliphatic rings. The van der Waals surface area contributed by atoms with Gasteiger partial charge in [-0.1, -0.05) is 29.8 Å². The molecule has 1 amide bonds. The van der Waals surface area contributed by atoms with Crippen LogP contribution in [0, 0.1) is 5.92 Å². The van der Waals surface area contributed by atoms with E-state index in [1.807, 2.05) is 0 Å². The third-order valence-electron chi connectivity index (χ3n) is 3.67. The van der Waals surface area contributed by atoms with Gasteiger partial charge in [0, 0.05) is 23.8 Å². The molecule has 0 aromatic heterocycles. The lowest BCUT2D eigenvalue weighted by Crippen LogP contribution is -2.47. The van der Waals surface area contributed by atoms with Gasteiger partial charge in [0.15, 0.2) is 0 Å². The molecular formula is C13H24BrNO. The first kappa shape index (κ1) is 14.0. The molecular weight excluding hydrogens is 266 g/mol. The van der Waals surface area contributed by atoms with Crippen LogP contribution in [0.5, 0.6) is 0 Å². The Bertz CT molecular complexity index is 212. The lowest BCUT2D eigenvalue weighted by molar-refractivity contribution is -0.140. The number of amides is 1. The van der Waals surface area contributed by atoms with Gasteiger partial charge >= 0.3 is 0 Å². The first-order chi connectivity index (χ1) is 7.74. The molecule has 0 N–H and O–H groups in total. The Morgan fingerprint density at radius 1 is 1.38 bits per heavy atom. The number of rotatable bonds is 7. The molecule has 16 heavy (non-hydrogen) atoms. The first-order valence-electron chi connectivity index (χ1n) is 6.61. The van der Waals surface area contributed by atoms with Crippen LogP contribution in [-0.4, -0.2) is 28.7 Å². The van der Waals surface area contributed by atoms with E-state index in [-0.39, 0.29) is 5.92 Å². The van der Waals surface area contributed by atoms with E-state index in [0.717, 1.165) is 31.1 Å². The summed E-state index contributed by atoms with van der Waals surface area (Å²) in [6.45, 7) is 5.18. The van der Waals surface area contributed by atoms with E-state index >= 15 is 0 Å². The fourth-order valence-electron chi connectivity index (χ4n) is 2.27. The summed E-state index contributed by atoms with van der Waals surface area (Å²) in [6.07, 6.45) is 6.76. The molecule has 0 bridgehead atoms. The fourth-order valence-corrected chi connectivity index (χ4v) is 2.52. The molecule has 0 atom stereocenters. The van der Waals surface area contributed by atoms with Crippen LogP contribution < -0.4 is 0 Å². The van der Waals surface area contributed by atoms with Gasteiger partial charge in [-0.05, 0) is 38.5 Å². The predicted octanol–water partition coefficient (Wildman–Crippen LogP) is 3.59. The number of nitrogens with zero attached hydrogens (tertiary/aromatic N) is 1. The summed E-state index contributed by atoms with van der Waals surface area (Å²) in [5.41, 5.74) is 0. The quantitative estimate of drug-likeness (QED) is 0.656. The van der Waals surface area contributed by atoms with Gasteiger partial charge in [0.2, 0.25) is 5.91 Å². The number of alkyl halides is 1. The maximum absolute atomic E-state index is 12.4. The smallest absolute Gasteiger partial charge is 0.225 e. The van der Waals surface area contributed by atoms with Crippen LogP contribution in [0.15, 0.2) is 0 Å². The molecule has 3 heteroatoms. The zero-order chi connectivity index (χ0) is 12.0. The number of carbonyl (C=O) groups excluding carboxylic acids is 1. The highest BCUT2D eigenvalue weighted by molar-refractivity contribution is 9.09. The third kappa shape index (κ3) is 3.47. The number of hydrogen-bond acceptors (Lipinski definition) is 1. The highest BCUT2D eigenvalue weighted by Crippen LogP contribution is 2.27. The average Bonchev–Trinajstić information content (AvgIpc) is 2.22. The van der Waals surface area contributed by atoms with E-state index in [2.05, 4.69) is 34.7 Å². The monoisotopic (exact) mass is 289 g/mol. The Hall–Kier alpha value is -0.0500. The van der Waals surface area contributed by atoms with Crippen molar-refractivity contribution in [1.82, 2.24) is 4.90 Å². The average molecular weight is 290 g/mol. The Labute approximate surface area is 108 Å². The lowest BCUT2D eigenvalue weighted by Gasteiger charge is -2.39. The van der Waals surface area contributed by atoms with Crippen molar-refractivity contribution in [2.24, 2.45) is 5.92 Å². The molecule has 94 valence electrons. The normalized spacial score (nSPS) is 16.2. The van der Waals surface area contributed by atoms with Crippen LogP contribution in [0.3, 0.4) is 0 Å². The molecule has 0 aromatic carbocycles. The molecule has 0 saturated heterocycles. The predicted molar refractivity (Wildman–Crippen MR) is 71.8 cm³/mol. The summed E-state index contributed by atoms with van der Waals surface area (Å²) in [6, 6.07) is 0.548. The van der Waals surface area contributed by atoms with Crippen LogP contribution in [0.25, 0.3) is 0 Å². The SMILES string of the molecule is CCC(CC)C(=O)N(CCCBr)C1CCC1. The van der Waals surface area contributed by atoms with Crippen molar-refractivity contribution in [1.29, 1.82) is 0 Å². The molecule has 0 radical (unpaired) electrons. The second-order valence-corrected chi connectivity index (χ2v) is 5.47. The van der Waals surface area contributed by atoms with E-state index in [1.54, 1.807) is 0 Å². The minimum Gasteiger partial charge on any atom is -0.339 e. The van der Waals surface area contributed by atoms with E-state index in [1.165, 1.54) is 19.3 Å². The van der Waals surface area contributed by atoms with Crippen molar-refractivity contribution in [3.63, 3.8) is 0 Å². The summed E-state index contributed by atoms with van der Waals surface area (Å²) in [5.74, 6) is 0.645. The first-order valence-corrected chi connectivity index (χ1v) is 7.73. The Kier molecular flexibility index (Phi) is 6.40. The highest BCUT2D eigenvalue weighted by Gasteiger charge is 2.30. The number of halogens is 1. The van der Waals surface area contributed by atoms with Gasteiger partial charge in [-0.25, -0.2) is 0 Å². The Morgan fingerprint density at radius 3 is 2.38 bits per heavy atom. The van der Waals surface area contributed by atoms with Crippen LogP contribution in [0.4, 0.5) is 0 Å². The number of carbonyl (C=O) groups is 1. The van der Waals surface area contributed by atoms with Crippen LogP contribution >= 0.6 is 15.9 Å². The van der Waals surface area contributed by atoms with Crippen molar-refractivity contribution in [2.45, 2.75) is 58.4 Å². The fraction of sp³-hybridized carbons (Fsp3) is 0.923. The van der Waals surface area contributed by atoms with E-state index in [9.17, 15) is 4.79 Å². The third-order valence-corrected chi connectivity index (χ3v) is 4.23. The summed E-state index contributed by atoms with van der Waals surface area (Å²) in [7, 11) is 0. The molecule has 2 nitrogen and oxygen atoms in total. The molecule has 1 aliphatic carbocycles. The van der Waals surface area contributed by atoms with Crippen molar-refractivity contribution in [3.8, 4) is 0 Å². The summed E-state index contributed by atoms with van der Waals surface area (Å²) in [4.78, 5) is 14.5. The molecule has 0 aromatic rings. The zero-order valence-electron chi connectivity index (χ0n) is 10.5. The topological polar surface area (TPSA) is 20.3 Å². The summed E-state index contributed by atoms with van der Waals surface area (Å²) < 4.78 is 0. The number of hydrogen-bond donors (Lipinski definition) is 0. The largest absolute Gasteiger partial charge is 0.339 e. The molecule has 1 saturated carbocycles. The summed E-state index contributed by atoms with van der Waals surface area (Å²) >= 11 is 3.45. The van der Waals surface area contributed by atoms with Gasteiger partial charge in [-0.2, -0.15) is 0 Å². The highest BCUT2D eigenvalue weighted by atomic mass is 79.9. The lowest BCUT2D eigenvalue weighted by atomic mass is 9.89. The summed E-state index contributed by atoms with van der Waals surface area (Å²) in [5, 5.41) is 0.992. The molecule has 0 spiro atoms. The van der Waals surface area contributed by atoms with Gasteiger partial charge in [-0.3, -0.25) is 4.79 Å². The van der Waals surface area contributed by atoms with Gasteiger partial charge < -0.3 is 4.90 Å². The van der Waals surface area contributed by atoms with Crippen LogP contribution in [0.2, 0.25) is 0 Å². The van der Waals surface area contributed by atoms with Gasteiger partial charge in [0.25, 0.3) is 0 Å². The molecule has 0 aliphatic heterocycles. The second kappa shape index (κ2) is 7.31. The molecule has 1 rings (SSSR count).